The van der Waals surface area contributed by atoms with Crippen LogP contribution in [0, 0.1) is 10.7 Å². The fraction of sp³-hybridized carbons (Fsp3) is 0.174. The molecule has 0 bridgehead atoms. The van der Waals surface area contributed by atoms with Crippen LogP contribution >= 0.6 is 11.3 Å². The van der Waals surface area contributed by atoms with Crippen LogP contribution in [0.5, 0.6) is 11.5 Å². The number of ether oxygens (including phenoxy) is 1. The molecular weight excluding hydrogens is 417 g/mol. The first-order valence-corrected chi connectivity index (χ1v) is 10.5. The van der Waals surface area contributed by atoms with Gasteiger partial charge in [-0.2, -0.15) is 0 Å². The number of aliphatic hydroxyl groups is 1. The zero-order chi connectivity index (χ0) is 21.8. The zero-order valence-electron chi connectivity index (χ0n) is 16.8. The molecule has 2 aromatic heterocycles. The lowest BCUT2D eigenvalue weighted by atomic mass is 10.1. The Balaban J connectivity index is 1.60. The van der Waals surface area contributed by atoms with Crippen molar-refractivity contribution in [3.8, 4) is 21.9 Å². The molecule has 4 rings (SSSR count). The van der Waals surface area contributed by atoms with Crippen molar-refractivity contribution in [3.05, 3.63) is 77.1 Å². The van der Waals surface area contributed by atoms with E-state index in [1.165, 1.54) is 23.5 Å². The molecule has 0 radical (unpaired) electrons. The molecule has 0 spiro atoms. The van der Waals surface area contributed by atoms with E-state index >= 15 is 0 Å². The molecule has 0 amide bonds. The van der Waals surface area contributed by atoms with Gasteiger partial charge in [0.05, 0.1) is 16.8 Å². The van der Waals surface area contributed by atoms with Gasteiger partial charge < -0.3 is 9.84 Å². The van der Waals surface area contributed by atoms with Crippen molar-refractivity contribution < 1.29 is 14.2 Å². The maximum Gasteiger partial charge on any atom is 0.167 e. The number of likely N-dealkylation sites (N-methyl/N-ethyl adjacent to an activating group) is 1. The molecule has 0 unspecified atom stereocenters. The lowest BCUT2D eigenvalue weighted by molar-refractivity contribution is 0.217. The van der Waals surface area contributed by atoms with Gasteiger partial charge in [-0.3, -0.25) is 9.88 Å². The lowest BCUT2D eigenvalue weighted by Gasteiger charge is -2.15. The second-order valence-corrected chi connectivity index (χ2v) is 8.15. The Morgan fingerprint density at radius 1 is 1.13 bits per heavy atom. The van der Waals surface area contributed by atoms with E-state index in [2.05, 4.69) is 39.3 Å². The fourth-order valence-electron chi connectivity index (χ4n) is 3.22. The van der Waals surface area contributed by atoms with E-state index in [1.807, 2.05) is 13.1 Å². The Kier molecular flexibility index (Phi) is 6.31. The number of aliphatic hydroxyl groups excluding tert-OH is 1. The average molecular weight is 437 g/mol. The van der Waals surface area contributed by atoms with Gasteiger partial charge in [-0.05, 0) is 41.6 Å². The van der Waals surface area contributed by atoms with Crippen molar-refractivity contribution in [1.29, 1.82) is 0 Å². The maximum atomic E-state index is 14.2. The molecule has 2 aromatic carbocycles. The van der Waals surface area contributed by atoms with Gasteiger partial charge in [0, 0.05) is 36.3 Å². The van der Waals surface area contributed by atoms with E-state index in [0.717, 1.165) is 38.8 Å². The number of hydrogen-bond donors (Lipinski definition) is 1. The quantitative estimate of drug-likeness (QED) is 0.357. The van der Waals surface area contributed by atoms with Crippen LogP contribution in [0.3, 0.4) is 0 Å². The summed E-state index contributed by atoms with van der Waals surface area (Å²) in [7, 11) is 1.97. The topological polar surface area (TPSA) is 75.0 Å². The largest absolute Gasteiger partial charge is 0.453 e. The first-order valence-electron chi connectivity index (χ1n) is 9.65. The molecule has 0 aliphatic carbocycles. The Bertz CT molecular complexity index is 1210. The predicted octanol–water partition coefficient (Wildman–Crippen LogP) is 5.72. The third-order valence-electron chi connectivity index (χ3n) is 4.79. The zero-order valence-corrected chi connectivity index (χ0v) is 17.6. The molecule has 1 N–H and O–H groups in total. The number of benzene rings is 2. The first kappa shape index (κ1) is 21.0. The molecule has 8 heteroatoms. The van der Waals surface area contributed by atoms with Gasteiger partial charge in [-0.15, -0.1) is 16.2 Å². The van der Waals surface area contributed by atoms with Crippen LogP contribution in [0.2, 0.25) is 0 Å². The van der Waals surface area contributed by atoms with Crippen LogP contribution in [-0.2, 0) is 6.54 Å². The minimum atomic E-state index is -0.652. The molecule has 0 saturated heterocycles. The van der Waals surface area contributed by atoms with E-state index in [-0.39, 0.29) is 18.0 Å². The summed E-state index contributed by atoms with van der Waals surface area (Å²) in [5.41, 5.74) is 2.98. The van der Waals surface area contributed by atoms with Gasteiger partial charge in [0.1, 0.15) is 11.4 Å². The van der Waals surface area contributed by atoms with Gasteiger partial charge >= 0.3 is 0 Å². The van der Waals surface area contributed by atoms with E-state index in [9.17, 15) is 9.30 Å². The summed E-state index contributed by atoms with van der Waals surface area (Å²) in [5.74, 6) is -0.138. The lowest BCUT2D eigenvalue weighted by Crippen LogP contribution is -2.21. The van der Waals surface area contributed by atoms with Crippen LogP contribution in [-0.4, -0.2) is 35.2 Å². The summed E-state index contributed by atoms with van der Waals surface area (Å²) >= 11 is 1.52. The highest BCUT2D eigenvalue weighted by atomic mass is 32.1. The molecule has 6 nitrogen and oxygen atoms in total. The van der Waals surface area contributed by atoms with E-state index in [1.54, 1.807) is 12.3 Å². The smallest absolute Gasteiger partial charge is 0.167 e. The van der Waals surface area contributed by atoms with Crippen molar-refractivity contribution in [2.24, 2.45) is 5.18 Å². The first-order chi connectivity index (χ1) is 15.1. The van der Waals surface area contributed by atoms with E-state index < -0.39 is 5.82 Å². The number of aromatic nitrogens is 1. The van der Waals surface area contributed by atoms with Crippen molar-refractivity contribution in [1.82, 2.24) is 9.88 Å². The van der Waals surface area contributed by atoms with E-state index in [4.69, 9.17) is 9.84 Å². The van der Waals surface area contributed by atoms with Crippen LogP contribution in [0.15, 0.2) is 66.0 Å². The summed E-state index contributed by atoms with van der Waals surface area (Å²) in [6.45, 7) is 1.52. The number of nitroso groups, excluding NO2 is 1. The second-order valence-electron chi connectivity index (χ2n) is 7.10. The summed E-state index contributed by atoms with van der Waals surface area (Å²) in [4.78, 5) is 18.1. The molecular formula is C23H20FN3O3S. The van der Waals surface area contributed by atoms with Crippen LogP contribution < -0.4 is 4.74 Å². The van der Waals surface area contributed by atoms with Crippen LogP contribution in [0.1, 0.15) is 5.56 Å². The van der Waals surface area contributed by atoms with Gasteiger partial charge in [-0.1, -0.05) is 24.3 Å². The minimum Gasteiger partial charge on any atom is -0.453 e. The highest BCUT2D eigenvalue weighted by Crippen LogP contribution is 2.39. The number of fused-ring (bicyclic) bond motifs is 1. The third kappa shape index (κ3) is 4.77. The maximum absolute atomic E-state index is 14.2. The predicted molar refractivity (Wildman–Crippen MR) is 120 cm³/mol. The molecule has 158 valence electrons. The molecule has 0 fully saturated rings. The monoisotopic (exact) mass is 437 g/mol. The highest BCUT2D eigenvalue weighted by Gasteiger charge is 2.13. The number of nitrogens with zero attached hydrogens (tertiary/aromatic N) is 3. The van der Waals surface area contributed by atoms with Crippen LogP contribution in [0.4, 0.5) is 10.1 Å². The number of rotatable bonds is 8. The summed E-state index contributed by atoms with van der Waals surface area (Å²) in [6, 6.07) is 15.7. The van der Waals surface area contributed by atoms with Crippen molar-refractivity contribution in [2.45, 2.75) is 6.54 Å². The molecule has 0 atom stereocenters. The minimum absolute atomic E-state index is 0.00846. The highest BCUT2D eigenvalue weighted by molar-refractivity contribution is 7.22. The number of halogens is 1. The Morgan fingerprint density at radius 3 is 2.65 bits per heavy atom. The SMILES string of the molecule is CN(CCO)Cc1ccc(-c2cc3nccc(Oc4ccc(N=O)cc4F)c3s2)cc1. The number of thiophene rings is 1. The number of hydrogen-bond acceptors (Lipinski definition) is 7. The molecule has 31 heavy (non-hydrogen) atoms. The Hall–Kier alpha value is -3.20. The molecule has 0 aliphatic heterocycles. The van der Waals surface area contributed by atoms with E-state index in [0.29, 0.717) is 12.3 Å². The summed E-state index contributed by atoms with van der Waals surface area (Å²) in [5, 5.41) is 11.8. The van der Waals surface area contributed by atoms with Gasteiger partial charge in [0.15, 0.2) is 11.6 Å². The van der Waals surface area contributed by atoms with Crippen LogP contribution in [0.25, 0.3) is 20.7 Å². The van der Waals surface area contributed by atoms with Crippen molar-refractivity contribution >= 4 is 27.2 Å². The standard InChI is InChI=1S/C23H20FN3O3S/c1-27(10-11-28)14-15-2-4-16(5-3-15)22-13-19-23(31-22)21(8-9-25-19)30-20-7-6-17(26-29)12-18(20)24/h2-9,12-13,28H,10-11,14H2,1H3. The summed E-state index contributed by atoms with van der Waals surface area (Å²) in [6.07, 6.45) is 1.62. The van der Waals surface area contributed by atoms with Gasteiger partial charge in [0.25, 0.3) is 0 Å². The van der Waals surface area contributed by atoms with Gasteiger partial charge in [0.2, 0.25) is 0 Å². The molecule has 2 heterocycles. The normalized spacial score (nSPS) is 11.2. The van der Waals surface area contributed by atoms with Crippen molar-refractivity contribution in [3.63, 3.8) is 0 Å². The number of pyridine rings is 1. The Morgan fingerprint density at radius 2 is 1.94 bits per heavy atom. The molecule has 0 aliphatic rings. The molecule has 0 saturated carbocycles. The average Bonchev–Trinajstić information content (AvgIpc) is 3.21. The fourth-order valence-corrected chi connectivity index (χ4v) is 4.29. The summed E-state index contributed by atoms with van der Waals surface area (Å²) < 4.78 is 20.8. The van der Waals surface area contributed by atoms with Crippen molar-refractivity contribution in [2.75, 3.05) is 20.2 Å². The third-order valence-corrected chi connectivity index (χ3v) is 5.98. The Labute approximate surface area is 182 Å². The van der Waals surface area contributed by atoms with Gasteiger partial charge in [-0.25, -0.2) is 4.39 Å². The second kappa shape index (κ2) is 9.30. The molecule has 4 aromatic rings.